The monoisotopic (exact) mass is 326 g/mol. The van der Waals surface area contributed by atoms with E-state index in [-0.39, 0.29) is 30.3 Å². The molecular formula is C18H34N2O3. The third-order valence-corrected chi connectivity index (χ3v) is 4.96. The largest absolute Gasteiger partial charge is 0.396 e. The lowest BCUT2D eigenvalue weighted by molar-refractivity contribution is -0.143. The smallest absolute Gasteiger partial charge is 0.226 e. The normalized spacial score (nSPS) is 18.9. The van der Waals surface area contributed by atoms with E-state index in [1.54, 1.807) is 0 Å². The molecular weight excluding hydrogens is 292 g/mol. The number of hydrogen-bond donors (Lipinski definition) is 2. The molecule has 1 fully saturated rings. The number of nitrogens with zero attached hydrogens (tertiary/aromatic N) is 1. The van der Waals surface area contributed by atoms with Crippen LogP contribution in [-0.2, 0) is 9.59 Å². The van der Waals surface area contributed by atoms with Crippen molar-refractivity contribution in [3.8, 4) is 0 Å². The molecule has 2 unspecified atom stereocenters. The zero-order valence-electron chi connectivity index (χ0n) is 15.0. The standard InChI is InChI=1S/C18H34N2O3/c1-4-5-15(17(19)22)16(12-13(2)3)18(23)20-9-6-14(7-10-20)8-11-21/h13-16,21H,4-12H2,1-3H3,(H2,19,22). The summed E-state index contributed by atoms with van der Waals surface area (Å²) in [6, 6.07) is 0. The Bertz CT molecular complexity index is 376. The van der Waals surface area contributed by atoms with Crippen LogP contribution < -0.4 is 5.73 Å². The van der Waals surface area contributed by atoms with Crippen LogP contribution in [0.3, 0.4) is 0 Å². The van der Waals surface area contributed by atoms with Crippen LogP contribution in [0.4, 0.5) is 0 Å². The average molecular weight is 326 g/mol. The Hall–Kier alpha value is -1.10. The van der Waals surface area contributed by atoms with Crippen LogP contribution in [0.5, 0.6) is 0 Å². The fraction of sp³-hybridized carbons (Fsp3) is 0.889. The number of amides is 2. The summed E-state index contributed by atoms with van der Waals surface area (Å²) >= 11 is 0. The lowest BCUT2D eigenvalue weighted by atomic mass is 9.80. The van der Waals surface area contributed by atoms with Crippen LogP contribution >= 0.6 is 0 Å². The van der Waals surface area contributed by atoms with Gasteiger partial charge in [-0.25, -0.2) is 0 Å². The Kier molecular flexibility index (Phi) is 8.59. The number of aliphatic hydroxyl groups excluding tert-OH is 1. The van der Waals surface area contributed by atoms with Crippen molar-refractivity contribution in [1.82, 2.24) is 4.90 Å². The summed E-state index contributed by atoms with van der Waals surface area (Å²) in [6.07, 6.45) is 4.94. The Labute approximate surface area is 140 Å². The van der Waals surface area contributed by atoms with Crippen LogP contribution in [0.25, 0.3) is 0 Å². The molecule has 2 atom stereocenters. The summed E-state index contributed by atoms with van der Waals surface area (Å²) in [7, 11) is 0. The Morgan fingerprint density at radius 3 is 2.26 bits per heavy atom. The first-order chi connectivity index (χ1) is 10.9. The van der Waals surface area contributed by atoms with E-state index in [2.05, 4.69) is 13.8 Å². The highest BCUT2D eigenvalue weighted by Crippen LogP contribution is 2.29. The molecule has 134 valence electrons. The second-order valence-electron chi connectivity index (χ2n) is 7.31. The first-order valence-corrected chi connectivity index (χ1v) is 9.09. The molecule has 0 bridgehead atoms. The number of piperidine rings is 1. The second-order valence-corrected chi connectivity index (χ2v) is 7.31. The minimum Gasteiger partial charge on any atom is -0.396 e. The number of primary amides is 1. The van der Waals surface area contributed by atoms with Crippen molar-refractivity contribution in [2.24, 2.45) is 29.4 Å². The lowest BCUT2D eigenvalue weighted by Crippen LogP contribution is -2.46. The summed E-state index contributed by atoms with van der Waals surface area (Å²) in [5, 5.41) is 9.04. The quantitative estimate of drug-likeness (QED) is 0.681. The molecule has 1 aliphatic heterocycles. The van der Waals surface area contributed by atoms with E-state index < -0.39 is 0 Å². The number of carbonyl (C=O) groups is 2. The molecule has 2 amide bonds. The van der Waals surface area contributed by atoms with Crippen molar-refractivity contribution in [1.29, 1.82) is 0 Å². The van der Waals surface area contributed by atoms with Gasteiger partial charge >= 0.3 is 0 Å². The first kappa shape index (κ1) is 19.9. The van der Waals surface area contributed by atoms with Crippen molar-refractivity contribution in [3.63, 3.8) is 0 Å². The molecule has 1 saturated heterocycles. The molecule has 5 heteroatoms. The first-order valence-electron chi connectivity index (χ1n) is 9.09. The molecule has 0 radical (unpaired) electrons. The zero-order chi connectivity index (χ0) is 17.4. The second kappa shape index (κ2) is 9.91. The maximum atomic E-state index is 13.0. The molecule has 0 saturated carbocycles. The number of aliphatic hydroxyl groups is 1. The van der Waals surface area contributed by atoms with Gasteiger partial charge in [0.05, 0.1) is 0 Å². The van der Waals surface area contributed by atoms with E-state index in [4.69, 9.17) is 10.8 Å². The van der Waals surface area contributed by atoms with Gasteiger partial charge in [-0.15, -0.1) is 0 Å². The highest BCUT2D eigenvalue weighted by Gasteiger charge is 2.36. The Morgan fingerprint density at radius 1 is 1.22 bits per heavy atom. The van der Waals surface area contributed by atoms with E-state index in [9.17, 15) is 9.59 Å². The van der Waals surface area contributed by atoms with Gasteiger partial charge in [-0.05, 0) is 43.9 Å². The molecule has 23 heavy (non-hydrogen) atoms. The lowest BCUT2D eigenvalue weighted by Gasteiger charge is -2.36. The molecule has 3 N–H and O–H groups in total. The van der Waals surface area contributed by atoms with Gasteiger partial charge in [-0.3, -0.25) is 9.59 Å². The van der Waals surface area contributed by atoms with Gasteiger partial charge in [0.2, 0.25) is 11.8 Å². The highest BCUT2D eigenvalue weighted by atomic mass is 16.3. The van der Waals surface area contributed by atoms with Gasteiger partial charge in [-0.2, -0.15) is 0 Å². The molecule has 0 aromatic carbocycles. The van der Waals surface area contributed by atoms with E-state index in [0.717, 1.165) is 38.8 Å². The van der Waals surface area contributed by atoms with E-state index in [1.165, 1.54) is 0 Å². The van der Waals surface area contributed by atoms with Gasteiger partial charge < -0.3 is 15.7 Å². The average Bonchev–Trinajstić information content (AvgIpc) is 2.50. The van der Waals surface area contributed by atoms with Crippen LogP contribution in [0.1, 0.15) is 59.3 Å². The van der Waals surface area contributed by atoms with E-state index >= 15 is 0 Å². The van der Waals surface area contributed by atoms with Crippen LogP contribution in [0.15, 0.2) is 0 Å². The minimum absolute atomic E-state index is 0.0957. The third kappa shape index (κ3) is 6.13. The van der Waals surface area contributed by atoms with Gasteiger partial charge in [0.1, 0.15) is 0 Å². The van der Waals surface area contributed by atoms with Crippen molar-refractivity contribution < 1.29 is 14.7 Å². The number of hydrogen-bond acceptors (Lipinski definition) is 3. The van der Waals surface area contributed by atoms with Crippen LogP contribution in [-0.4, -0.2) is 41.5 Å². The van der Waals surface area contributed by atoms with Gasteiger partial charge in [-0.1, -0.05) is 27.2 Å². The van der Waals surface area contributed by atoms with Crippen LogP contribution in [0, 0.1) is 23.7 Å². The predicted molar refractivity (Wildman–Crippen MR) is 91.5 cm³/mol. The molecule has 5 nitrogen and oxygen atoms in total. The van der Waals surface area contributed by atoms with Crippen molar-refractivity contribution in [2.75, 3.05) is 19.7 Å². The maximum absolute atomic E-state index is 13.0. The van der Waals surface area contributed by atoms with Crippen molar-refractivity contribution >= 4 is 11.8 Å². The SMILES string of the molecule is CCCC(C(N)=O)C(CC(C)C)C(=O)N1CCC(CCO)CC1. The predicted octanol–water partition coefficient (Wildman–Crippen LogP) is 2.17. The molecule has 0 aliphatic carbocycles. The summed E-state index contributed by atoms with van der Waals surface area (Å²) in [5.74, 6) is -0.0314. The number of likely N-dealkylation sites (tertiary alicyclic amines) is 1. The minimum atomic E-state index is -0.356. The molecule has 0 aromatic heterocycles. The third-order valence-electron chi connectivity index (χ3n) is 4.96. The van der Waals surface area contributed by atoms with Crippen LogP contribution in [0.2, 0.25) is 0 Å². The maximum Gasteiger partial charge on any atom is 0.226 e. The topological polar surface area (TPSA) is 83.6 Å². The van der Waals surface area contributed by atoms with Crippen molar-refractivity contribution in [3.05, 3.63) is 0 Å². The molecule has 0 aromatic rings. The molecule has 1 heterocycles. The fourth-order valence-corrected chi connectivity index (χ4v) is 3.66. The zero-order valence-corrected chi connectivity index (χ0v) is 15.0. The molecule has 1 aliphatic rings. The summed E-state index contributed by atoms with van der Waals surface area (Å²) in [6.45, 7) is 7.86. The van der Waals surface area contributed by atoms with Crippen molar-refractivity contribution in [2.45, 2.75) is 59.3 Å². The Balaban J connectivity index is 2.77. The van der Waals surface area contributed by atoms with Gasteiger partial charge in [0.25, 0.3) is 0 Å². The summed E-state index contributed by atoms with van der Waals surface area (Å²) in [5.41, 5.74) is 5.59. The Morgan fingerprint density at radius 2 is 1.83 bits per heavy atom. The number of carbonyl (C=O) groups excluding carboxylic acids is 2. The molecule has 1 rings (SSSR count). The number of nitrogens with two attached hydrogens (primary N) is 1. The highest BCUT2D eigenvalue weighted by molar-refractivity contribution is 5.87. The fourth-order valence-electron chi connectivity index (χ4n) is 3.66. The molecule has 0 spiro atoms. The van der Waals surface area contributed by atoms with E-state index in [1.807, 2.05) is 11.8 Å². The summed E-state index contributed by atoms with van der Waals surface area (Å²) < 4.78 is 0. The van der Waals surface area contributed by atoms with Gasteiger partial charge in [0.15, 0.2) is 0 Å². The summed E-state index contributed by atoms with van der Waals surface area (Å²) in [4.78, 5) is 26.8. The van der Waals surface area contributed by atoms with E-state index in [0.29, 0.717) is 24.7 Å². The number of rotatable bonds is 9. The van der Waals surface area contributed by atoms with Gasteiger partial charge in [0, 0.05) is 31.5 Å².